The number of aliphatic imine (C=N–C) groups is 1. The molecule has 0 saturated carbocycles. The second-order valence-corrected chi connectivity index (χ2v) is 7.15. The Morgan fingerprint density at radius 3 is 2.71 bits per heavy atom. The van der Waals surface area contributed by atoms with Crippen molar-refractivity contribution in [2.24, 2.45) is 10.4 Å². The highest BCUT2D eigenvalue weighted by molar-refractivity contribution is 8.13. The predicted molar refractivity (Wildman–Crippen MR) is 74.7 cm³/mol. The molecule has 0 aromatic rings. The van der Waals surface area contributed by atoms with Gasteiger partial charge in [-0.05, 0) is 25.2 Å². The van der Waals surface area contributed by atoms with Crippen molar-refractivity contribution < 1.29 is 4.74 Å². The third kappa shape index (κ3) is 3.38. The van der Waals surface area contributed by atoms with Crippen LogP contribution in [0.5, 0.6) is 0 Å². The summed E-state index contributed by atoms with van der Waals surface area (Å²) in [7, 11) is 0. The minimum atomic E-state index is 0.270. The fourth-order valence-corrected chi connectivity index (χ4v) is 3.27. The molecule has 1 N–H and O–H groups in total. The topological polar surface area (TPSA) is 33.6 Å². The molecule has 4 heteroatoms. The van der Waals surface area contributed by atoms with Gasteiger partial charge in [0.15, 0.2) is 5.17 Å². The first-order valence-corrected chi connectivity index (χ1v) is 7.54. The zero-order valence-corrected chi connectivity index (χ0v) is 12.1. The lowest BCUT2D eigenvalue weighted by atomic mass is 9.85. The minimum absolute atomic E-state index is 0.270. The van der Waals surface area contributed by atoms with Gasteiger partial charge in [-0.25, -0.2) is 0 Å². The van der Waals surface area contributed by atoms with Crippen LogP contribution in [0.25, 0.3) is 0 Å². The Bertz CT molecular complexity index is 298. The van der Waals surface area contributed by atoms with E-state index in [4.69, 9.17) is 9.73 Å². The average Bonchev–Trinajstić information content (AvgIpc) is 2.64. The van der Waals surface area contributed by atoms with Crippen LogP contribution in [-0.4, -0.2) is 35.7 Å². The van der Waals surface area contributed by atoms with Crippen molar-refractivity contribution in [1.29, 1.82) is 0 Å². The Kier molecular flexibility index (Phi) is 4.03. The van der Waals surface area contributed by atoms with Crippen LogP contribution in [0, 0.1) is 5.41 Å². The van der Waals surface area contributed by atoms with E-state index in [1.807, 2.05) is 11.8 Å². The molecule has 1 fully saturated rings. The van der Waals surface area contributed by atoms with Gasteiger partial charge in [-0.15, -0.1) is 0 Å². The average molecular weight is 256 g/mol. The second-order valence-electron chi connectivity index (χ2n) is 6.07. The summed E-state index contributed by atoms with van der Waals surface area (Å²) >= 11 is 1.86. The SMILES string of the molecule is CC1OCCC1NC1=NC(C(C)(C)C)CCS1. The minimum Gasteiger partial charge on any atom is -0.376 e. The van der Waals surface area contributed by atoms with Crippen molar-refractivity contribution in [2.45, 2.75) is 58.7 Å². The standard InChI is InChI=1S/C13H24N2OS/c1-9-10(5-7-16-9)14-12-15-11(6-8-17-12)13(2,3)4/h9-11H,5-8H2,1-4H3,(H,14,15). The van der Waals surface area contributed by atoms with Crippen molar-refractivity contribution in [3.05, 3.63) is 0 Å². The van der Waals surface area contributed by atoms with Crippen LogP contribution in [-0.2, 0) is 4.74 Å². The maximum Gasteiger partial charge on any atom is 0.157 e. The summed E-state index contributed by atoms with van der Waals surface area (Å²) in [6.45, 7) is 9.83. The second kappa shape index (κ2) is 5.19. The van der Waals surface area contributed by atoms with Gasteiger partial charge in [0.05, 0.1) is 18.2 Å². The molecule has 3 atom stereocenters. The third-order valence-corrected chi connectivity index (χ3v) is 4.52. The van der Waals surface area contributed by atoms with E-state index in [0.29, 0.717) is 18.2 Å². The molecule has 2 aliphatic heterocycles. The van der Waals surface area contributed by atoms with Crippen molar-refractivity contribution >= 4 is 16.9 Å². The number of nitrogens with one attached hydrogen (secondary N) is 1. The third-order valence-electron chi connectivity index (χ3n) is 3.59. The first kappa shape index (κ1) is 13.2. The van der Waals surface area contributed by atoms with Crippen molar-refractivity contribution in [1.82, 2.24) is 5.32 Å². The first-order valence-electron chi connectivity index (χ1n) is 6.55. The maximum absolute atomic E-state index is 5.57. The van der Waals surface area contributed by atoms with Gasteiger partial charge in [0, 0.05) is 12.4 Å². The Morgan fingerprint density at radius 2 is 2.12 bits per heavy atom. The number of amidine groups is 1. The molecule has 2 rings (SSSR count). The van der Waals surface area contributed by atoms with E-state index in [2.05, 4.69) is 33.0 Å². The van der Waals surface area contributed by atoms with Gasteiger partial charge in [-0.3, -0.25) is 4.99 Å². The molecule has 0 bridgehead atoms. The van der Waals surface area contributed by atoms with Gasteiger partial charge in [-0.1, -0.05) is 32.5 Å². The summed E-state index contributed by atoms with van der Waals surface area (Å²) in [6, 6.07) is 0.892. The molecule has 98 valence electrons. The highest BCUT2D eigenvalue weighted by Gasteiger charge is 2.30. The number of thioether (sulfide) groups is 1. The van der Waals surface area contributed by atoms with E-state index >= 15 is 0 Å². The molecule has 3 nitrogen and oxygen atoms in total. The van der Waals surface area contributed by atoms with Crippen LogP contribution >= 0.6 is 11.8 Å². The number of hydrogen-bond acceptors (Lipinski definition) is 4. The van der Waals surface area contributed by atoms with Gasteiger partial charge in [0.2, 0.25) is 0 Å². The molecular weight excluding hydrogens is 232 g/mol. The van der Waals surface area contributed by atoms with E-state index in [1.54, 1.807) is 0 Å². The normalized spacial score (nSPS) is 34.6. The van der Waals surface area contributed by atoms with Crippen LogP contribution < -0.4 is 5.32 Å². The van der Waals surface area contributed by atoms with Gasteiger partial charge in [0.25, 0.3) is 0 Å². The lowest BCUT2D eigenvalue weighted by Gasteiger charge is -2.32. The monoisotopic (exact) mass is 256 g/mol. The van der Waals surface area contributed by atoms with Crippen LogP contribution in [0.15, 0.2) is 4.99 Å². The fraction of sp³-hybridized carbons (Fsp3) is 0.923. The highest BCUT2D eigenvalue weighted by atomic mass is 32.2. The van der Waals surface area contributed by atoms with E-state index in [-0.39, 0.29) is 5.41 Å². The van der Waals surface area contributed by atoms with Crippen molar-refractivity contribution in [3.8, 4) is 0 Å². The zero-order chi connectivity index (χ0) is 12.5. The van der Waals surface area contributed by atoms with Crippen LogP contribution in [0.1, 0.15) is 40.5 Å². The van der Waals surface area contributed by atoms with Crippen molar-refractivity contribution in [3.63, 3.8) is 0 Å². The molecule has 2 aliphatic rings. The van der Waals surface area contributed by atoms with E-state index in [9.17, 15) is 0 Å². The molecule has 0 spiro atoms. The Morgan fingerprint density at radius 1 is 1.35 bits per heavy atom. The number of ether oxygens (including phenoxy) is 1. The molecule has 0 aromatic heterocycles. The first-order chi connectivity index (χ1) is 7.97. The molecular formula is C13H24N2OS. The van der Waals surface area contributed by atoms with E-state index in [1.165, 1.54) is 12.2 Å². The maximum atomic E-state index is 5.57. The van der Waals surface area contributed by atoms with Crippen LogP contribution in [0.2, 0.25) is 0 Å². The Hall–Kier alpha value is -0.220. The molecule has 3 unspecified atom stereocenters. The molecule has 0 radical (unpaired) electrons. The molecule has 2 heterocycles. The van der Waals surface area contributed by atoms with Gasteiger partial charge >= 0.3 is 0 Å². The lowest BCUT2D eigenvalue weighted by molar-refractivity contribution is 0.116. The highest BCUT2D eigenvalue weighted by Crippen LogP contribution is 2.30. The summed E-state index contributed by atoms with van der Waals surface area (Å²) in [4.78, 5) is 4.86. The van der Waals surface area contributed by atoms with Gasteiger partial charge in [0.1, 0.15) is 0 Å². The van der Waals surface area contributed by atoms with Crippen LogP contribution in [0.4, 0.5) is 0 Å². The zero-order valence-electron chi connectivity index (χ0n) is 11.3. The Balaban J connectivity index is 1.98. The quantitative estimate of drug-likeness (QED) is 0.783. The molecule has 0 amide bonds. The summed E-state index contributed by atoms with van der Waals surface area (Å²) in [5, 5.41) is 4.68. The number of hydrogen-bond donors (Lipinski definition) is 1. The molecule has 0 aromatic carbocycles. The van der Waals surface area contributed by atoms with E-state index in [0.717, 1.165) is 18.2 Å². The van der Waals surface area contributed by atoms with E-state index < -0.39 is 0 Å². The Labute approximate surface area is 109 Å². The number of nitrogens with zero attached hydrogens (tertiary/aromatic N) is 1. The molecule has 1 saturated heterocycles. The fourth-order valence-electron chi connectivity index (χ4n) is 2.30. The summed E-state index contributed by atoms with van der Waals surface area (Å²) in [6.07, 6.45) is 2.60. The number of rotatable bonds is 1. The predicted octanol–water partition coefficient (Wildman–Crippen LogP) is 2.66. The largest absolute Gasteiger partial charge is 0.376 e. The lowest BCUT2D eigenvalue weighted by Crippen LogP contribution is -2.41. The van der Waals surface area contributed by atoms with Gasteiger partial charge < -0.3 is 10.1 Å². The summed E-state index contributed by atoms with van der Waals surface area (Å²) in [5.41, 5.74) is 0.270. The summed E-state index contributed by atoms with van der Waals surface area (Å²) in [5.74, 6) is 1.18. The smallest absolute Gasteiger partial charge is 0.157 e. The molecule has 0 aliphatic carbocycles. The van der Waals surface area contributed by atoms with Crippen LogP contribution in [0.3, 0.4) is 0 Å². The summed E-state index contributed by atoms with van der Waals surface area (Å²) < 4.78 is 5.57. The van der Waals surface area contributed by atoms with Crippen molar-refractivity contribution in [2.75, 3.05) is 12.4 Å². The molecule has 17 heavy (non-hydrogen) atoms. The van der Waals surface area contributed by atoms with Gasteiger partial charge in [-0.2, -0.15) is 0 Å².